The number of unbranched alkanes of at least 4 members (excludes halogenated alkanes) is 1. The minimum absolute atomic E-state index is 0.0597. The van der Waals surface area contributed by atoms with Crippen LogP contribution in [0.5, 0.6) is 5.75 Å². The van der Waals surface area contributed by atoms with Gasteiger partial charge in [-0.25, -0.2) is 4.79 Å². The van der Waals surface area contributed by atoms with Gasteiger partial charge in [0.2, 0.25) is 0 Å². The predicted octanol–water partition coefficient (Wildman–Crippen LogP) is 4.50. The van der Waals surface area contributed by atoms with Crippen LogP contribution in [-0.2, 0) is 9.53 Å². The van der Waals surface area contributed by atoms with Gasteiger partial charge >= 0.3 is 5.97 Å². The lowest BCUT2D eigenvalue weighted by Crippen LogP contribution is -2.28. The molecule has 1 amide bonds. The standard InChI is InChI=1S/C23H26N2O6/c1-3-5-15-30-20-12-8-18(9-13-20)22(26)24-21(23(27)31-14-4-2)16-17-6-10-19(11-7-17)25(28)29/h6-13,16H,3-5,14-15H2,1-2H3,(H,24,26)/b21-16-. The number of benzene rings is 2. The average Bonchev–Trinajstić information content (AvgIpc) is 2.78. The van der Waals surface area contributed by atoms with Crippen molar-refractivity contribution in [2.75, 3.05) is 13.2 Å². The summed E-state index contributed by atoms with van der Waals surface area (Å²) in [5.74, 6) is -0.510. The molecule has 0 aliphatic carbocycles. The maximum Gasteiger partial charge on any atom is 0.354 e. The van der Waals surface area contributed by atoms with Crippen LogP contribution in [0.25, 0.3) is 6.08 Å². The van der Waals surface area contributed by atoms with Crippen molar-refractivity contribution in [2.45, 2.75) is 33.1 Å². The van der Waals surface area contributed by atoms with Crippen LogP contribution >= 0.6 is 0 Å². The largest absolute Gasteiger partial charge is 0.494 e. The molecule has 0 radical (unpaired) electrons. The van der Waals surface area contributed by atoms with Gasteiger partial charge in [-0.3, -0.25) is 14.9 Å². The molecule has 31 heavy (non-hydrogen) atoms. The van der Waals surface area contributed by atoms with E-state index >= 15 is 0 Å². The third kappa shape index (κ3) is 7.58. The minimum atomic E-state index is -0.687. The van der Waals surface area contributed by atoms with Gasteiger partial charge in [0.05, 0.1) is 18.1 Å². The summed E-state index contributed by atoms with van der Waals surface area (Å²) in [6.45, 7) is 4.74. The number of non-ortho nitro benzene ring substituents is 1. The first kappa shape index (κ1) is 23.6. The maximum absolute atomic E-state index is 12.6. The van der Waals surface area contributed by atoms with E-state index in [1.54, 1.807) is 24.3 Å². The van der Waals surface area contributed by atoms with E-state index in [4.69, 9.17) is 9.47 Å². The molecule has 2 aromatic carbocycles. The van der Waals surface area contributed by atoms with E-state index in [-0.39, 0.29) is 18.0 Å². The predicted molar refractivity (Wildman–Crippen MR) is 117 cm³/mol. The van der Waals surface area contributed by atoms with Crippen molar-refractivity contribution in [2.24, 2.45) is 0 Å². The molecule has 0 aliphatic rings. The molecule has 2 aromatic rings. The Morgan fingerprint density at radius 3 is 2.26 bits per heavy atom. The first-order valence-electron chi connectivity index (χ1n) is 10.1. The van der Waals surface area contributed by atoms with Crippen molar-refractivity contribution < 1.29 is 24.0 Å². The Bertz CT molecular complexity index is 920. The summed E-state index contributed by atoms with van der Waals surface area (Å²) in [4.78, 5) is 35.4. The number of carbonyl (C=O) groups is 2. The number of rotatable bonds is 11. The maximum atomic E-state index is 12.6. The fourth-order valence-electron chi connectivity index (χ4n) is 2.51. The summed E-state index contributed by atoms with van der Waals surface area (Å²) in [7, 11) is 0. The molecule has 1 N–H and O–H groups in total. The zero-order chi connectivity index (χ0) is 22.6. The molecule has 0 saturated carbocycles. The zero-order valence-electron chi connectivity index (χ0n) is 17.6. The highest BCUT2D eigenvalue weighted by Crippen LogP contribution is 2.16. The Kier molecular flexibility index (Phi) is 9.22. The van der Waals surface area contributed by atoms with Crippen molar-refractivity contribution >= 4 is 23.6 Å². The van der Waals surface area contributed by atoms with Crippen molar-refractivity contribution in [3.05, 3.63) is 75.5 Å². The number of esters is 1. The Balaban J connectivity index is 2.17. The highest BCUT2D eigenvalue weighted by Gasteiger charge is 2.16. The second-order valence-electron chi connectivity index (χ2n) is 6.72. The fraction of sp³-hybridized carbons (Fsp3) is 0.304. The molecule has 0 aliphatic heterocycles. The number of carbonyl (C=O) groups excluding carboxylic acids is 2. The van der Waals surface area contributed by atoms with Crippen LogP contribution in [0.1, 0.15) is 49.0 Å². The Morgan fingerprint density at radius 2 is 1.68 bits per heavy atom. The number of nitrogens with one attached hydrogen (secondary N) is 1. The molecule has 8 nitrogen and oxygen atoms in total. The quantitative estimate of drug-likeness (QED) is 0.186. The number of nitrogens with zero attached hydrogens (tertiary/aromatic N) is 1. The van der Waals surface area contributed by atoms with E-state index < -0.39 is 16.8 Å². The highest BCUT2D eigenvalue weighted by molar-refractivity contribution is 6.03. The molecule has 0 saturated heterocycles. The number of ether oxygens (including phenoxy) is 2. The van der Waals surface area contributed by atoms with Gasteiger partial charge in [0.25, 0.3) is 11.6 Å². The smallest absolute Gasteiger partial charge is 0.354 e. The van der Waals surface area contributed by atoms with E-state index in [9.17, 15) is 19.7 Å². The van der Waals surface area contributed by atoms with Gasteiger partial charge in [-0.1, -0.05) is 20.3 Å². The van der Waals surface area contributed by atoms with E-state index in [0.717, 1.165) is 12.8 Å². The van der Waals surface area contributed by atoms with E-state index in [1.807, 2.05) is 6.92 Å². The molecule has 0 bridgehead atoms. The number of nitro benzene ring substituents is 1. The first-order valence-corrected chi connectivity index (χ1v) is 10.1. The molecule has 0 aromatic heterocycles. The lowest BCUT2D eigenvalue weighted by atomic mass is 10.1. The number of nitro groups is 1. The van der Waals surface area contributed by atoms with Crippen molar-refractivity contribution in [1.82, 2.24) is 5.32 Å². The Hall–Kier alpha value is -3.68. The molecule has 0 atom stereocenters. The molecular formula is C23H26N2O6. The number of amides is 1. The van der Waals surface area contributed by atoms with Crippen LogP contribution in [0.2, 0.25) is 0 Å². The molecule has 2 rings (SSSR count). The van der Waals surface area contributed by atoms with Crippen molar-refractivity contribution in [3.8, 4) is 5.75 Å². The lowest BCUT2D eigenvalue weighted by Gasteiger charge is -2.11. The van der Waals surface area contributed by atoms with Gasteiger partial charge in [0, 0.05) is 17.7 Å². The van der Waals surface area contributed by atoms with Crippen LogP contribution in [-0.4, -0.2) is 30.0 Å². The van der Waals surface area contributed by atoms with Crippen LogP contribution < -0.4 is 10.1 Å². The topological polar surface area (TPSA) is 108 Å². The van der Waals surface area contributed by atoms with Gasteiger partial charge in [0.15, 0.2) is 0 Å². The summed E-state index contributed by atoms with van der Waals surface area (Å²) in [6.07, 6.45) is 4.02. The van der Waals surface area contributed by atoms with Crippen LogP contribution in [0.3, 0.4) is 0 Å². The molecule has 8 heteroatoms. The van der Waals surface area contributed by atoms with Crippen molar-refractivity contribution in [3.63, 3.8) is 0 Å². The zero-order valence-corrected chi connectivity index (χ0v) is 17.6. The van der Waals surface area contributed by atoms with Gasteiger partial charge in [-0.05, 0) is 60.9 Å². The third-order valence-corrected chi connectivity index (χ3v) is 4.20. The normalized spacial score (nSPS) is 11.0. The average molecular weight is 426 g/mol. The molecule has 0 fully saturated rings. The van der Waals surface area contributed by atoms with Crippen molar-refractivity contribution in [1.29, 1.82) is 0 Å². The summed E-state index contributed by atoms with van der Waals surface area (Å²) in [5.41, 5.74) is 0.725. The van der Waals surface area contributed by atoms with Crippen LogP contribution in [0, 0.1) is 10.1 Å². The third-order valence-electron chi connectivity index (χ3n) is 4.20. The summed E-state index contributed by atoms with van der Waals surface area (Å²) in [6, 6.07) is 12.2. The van der Waals surface area contributed by atoms with Crippen LogP contribution in [0.15, 0.2) is 54.2 Å². The molecular weight excluding hydrogens is 400 g/mol. The molecule has 0 heterocycles. The van der Waals surface area contributed by atoms with E-state index in [1.165, 1.54) is 30.3 Å². The van der Waals surface area contributed by atoms with Crippen LogP contribution in [0.4, 0.5) is 5.69 Å². The van der Waals surface area contributed by atoms with E-state index in [0.29, 0.717) is 29.9 Å². The van der Waals surface area contributed by atoms with Gasteiger partial charge < -0.3 is 14.8 Å². The summed E-state index contributed by atoms with van der Waals surface area (Å²) in [5, 5.41) is 13.4. The number of hydrogen-bond acceptors (Lipinski definition) is 6. The monoisotopic (exact) mass is 426 g/mol. The second kappa shape index (κ2) is 12.1. The Labute approximate surface area is 181 Å². The van der Waals surface area contributed by atoms with E-state index in [2.05, 4.69) is 12.2 Å². The second-order valence-corrected chi connectivity index (χ2v) is 6.72. The van der Waals surface area contributed by atoms with Gasteiger partial charge in [-0.15, -0.1) is 0 Å². The Morgan fingerprint density at radius 1 is 1.00 bits per heavy atom. The molecule has 0 spiro atoms. The minimum Gasteiger partial charge on any atom is -0.494 e. The SMILES string of the molecule is CCCCOc1ccc(C(=O)N/C(=C\c2ccc([N+](=O)[O-])cc2)C(=O)OCCC)cc1. The summed E-state index contributed by atoms with van der Waals surface area (Å²) >= 11 is 0. The lowest BCUT2D eigenvalue weighted by molar-refractivity contribution is -0.384. The molecule has 164 valence electrons. The summed E-state index contributed by atoms with van der Waals surface area (Å²) < 4.78 is 10.7. The highest BCUT2D eigenvalue weighted by atomic mass is 16.6. The number of hydrogen-bond donors (Lipinski definition) is 1. The fourth-order valence-corrected chi connectivity index (χ4v) is 2.51. The van der Waals surface area contributed by atoms with Gasteiger partial charge in [-0.2, -0.15) is 0 Å². The first-order chi connectivity index (χ1) is 14.9. The molecule has 0 unspecified atom stereocenters. The van der Waals surface area contributed by atoms with Gasteiger partial charge in [0.1, 0.15) is 11.4 Å².